The van der Waals surface area contributed by atoms with Gasteiger partial charge in [0.1, 0.15) is 0 Å². The molecule has 4 nitrogen and oxygen atoms in total. The Kier molecular flexibility index (Phi) is 4.46. The highest BCUT2D eigenvalue weighted by atomic mass is 19.1. The van der Waals surface area contributed by atoms with Crippen LogP contribution in [0.3, 0.4) is 0 Å². The van der Waals surface area contributed by atoms with Crippen LogP contribution in [0.5, 0.6) is 0 Å². The van der Waals surface area contributed by atoms with Gasteiger partial charge >= 0.3 is 0 Å². The molecule has 0 aliphatic carbocycles. The first-order valence-electron chi connectivity index (χ1n) is 5.61. The first-order chi connectivity index (χ1) is 7.58. The Balaban J connectivity index is 2.89. The summed E-state index contributed by atoms with van der Waals surface area (Å²) >= 11 is 0. The standard InChI is InChI=1S/C11H19FN4/c1-4-8(3)7-16(5-2)10-9(12)6-14-11(13)15-10/h6,8H,4-5,7H2,1-3H3,(H2,13,14,15). The van der Waals surface area contributed by atoms with Crippen LogP contribution in [0.2, 0.25) is 0 Å². The number of anilines is 2. The third-order valence-corrected chi connectivity index (χ3v) is 2.65. The molecule has 2 N–H and O–H groups in total. The average molecular weight is 226 g/mol. The second-order valence-corrected chi connectivity index (χ2v) is 3.95. The summed E-state index contributed by atoms with van der Waals surface area (Å²) in [6.45, 7) is 7.70. The molecule has 90 valence electrons. The molecule has 0 spiro atoms. The van der Waals surface area contributed by atoms with Crippen molar-refractivity contribution in [1.82, 2.24) is 9.97 Å². The van der Waals surface area contributed by atoms with Crippen LogP contribution in [0.15, 0.2) is 6.20 Å². The third kappa shape index (κ3) is 3.05. The molecule has 1 aromatic rings. The van der Waals surface area contributed by atoms with E-state index >= 15 is 0 Å². The summed E-state index contributed by atoms with van der Waals surface area (Å²) in [7, 11) is 0. The minimum Gasteiger partial charge on any atom is -0.368 e. The second-order valence-electron chi connectivity index (χ2n) is 3.95. The largest absolute Gasteiger partial charge is 0.368 e. The van der Waals surface area contributed by atoms with Gasteiger partial charge in [0, 0.05) is 13.1 Å². The van der Waals surface area contributed by atoms with Crippen molar-refractivity contribution >= 4 is 11.8 Å². The molecular formula is C11H19FN4. The number of nitrogen functional groups attached to an aromatic ring is 1. The van der Waals surface area contributed by atoms with E-state index in [2.05, 4.69) is 23.8 Å². The van der Waals surface area contributed by atoms with E-state index in [1.54, 1.807) is 0 Å². The molecule has 1 unspecified atom stereocenters. The molecule has 0 amide bonds. The van der Waals surface area contributed by atoms with E-state index in [4.69, 9.17) is 5.73 Å². The predicted molar refractivity (Wildman–Crippen MR) is 63.7 cm³/mol. The van der Waals surface area contributed by atoms with Crippen molar-refractivity contribution in [1.29, 1.82) is 0 Å². The maximum Gasteiger partial charge on any atom is 0.222 e. The van der Waals surface area contributed by atoms with Gasteiger partial charge in [-0.25, -0.2) is 9.37 Å². The zero-order valence-corrected chi connectivity index (χ0v) is 10.1. The summed E-state index contributed by atoms with van der Waals surface area (Å²) in [5, 5.41) is 0. The maximum absolute atomic E-state index is 13.5. The minimum atomic E-state index is -0.417. The molecule has 16 heavy (non-hydrogen) atoms. The molecule has 1 heterocycles. The van der Waals surface area contributed by atoms with Gasteiger partial charge in [-0.1, -0.05) is 20.3 Å². The van der Waals surface area contributed by atoms with Crippen molar-refractivity contribution in [3.8, 4) is 0 Å². The zero-order valence-electron chi connectivity index (χ0n) is 10.1. The van der Waals surface area contributed by atoms with Crippen molar-refractivity contribution in [3.05, 3.63) is 12.0 Å². The quantitative estimate of drug-likeness (QED) is 0.835. The van der Waals surface area contributed by atoms with E-state index in [0.717, 1.165) is 19.2 Å². The fourth-order valence-corrected chi connectivity index (χ4v) is 1.46. The number of rotatable bonds is 5. The number of nitrogens with two attached hydrogens (primary N) is 1. The SMILES string of the molecule is CCC(C)CN(CC)c1nc(N)ncc1F. The van der Waals surface area contributed by atoms with E-state index in [0.29, 0.717) is 18.3 Å². The highest BCUT2D eigenvalue weighted by molar-refractivity contribution is 5.42. The summed E-state index contributed by atoms with van der Waals surface area (Å²) in [5.41, 5.74) is 5.47. The van der Waals surface area contributed by atoms with Crippen LogP contribution in [0.25, 0.3) is 0 Å². The third-order valence-electron chi connectivity index (χ3n) is 2.65. The summed E-state index contributed by atoms with van der Waals surface area (Å²) in [6.07, 6.45) is 2.18. The molecule has 0 fully saturated rings. The van der Waals surface area contributed by atoms with E-state index in [1.165, 1.54) is 0 Å². The van der Waals surface area contributed by atoms with Gasteiger partial charge in [0.05, 0.1) is 6.20 Å². The van der Waals surface area contributed by atoms with Crippen molar-refractivity contribution in [2.24, 2.45) is 5.92 Å². The number of hydrogen-bond acceptors (Lipinski definition) is 4. The van der Waals surface area contributed by atoms with Gasteiger partial charge in [-0.15, -0.1) is 0 Å². The lowest BCUT2D eigenvalue weighted by Gasteiger charge is -2.25. The average Bonchev–Trinajstić information content (AvgIpc) is 2.29. The van der Waals surface area contributed by atoms with Crippen LogP contribution in [0.4, 0.5) is 16.2 Å². The lowest BCUT2D eigenvalue weighted by molar-refractivity contribution is 0.532. The second kappa shape index (κ2) is 5.63. The fraction of sp³-hybridized carbons (Fsp3) is 0.636. The number of halogens is 1. The van der Waals surface area contributed by atoms with Crippen molar-refractivity contribution < 1.29 is 4.39 Å². The van der Waals surface area contributed by atoms with Crippen LogP contribution < -0.4 is 10.6 Å². The molecule has 1 atom stereocenters. The van der Waals surface area contributed by atoms with E-state index in [-0.39, 0.29) is 5.95 Å². The Labute approximate surface area is 95.7 Å². The lowest BCUT2D eigenvalue weighted by Crippen LogP contribution is -2.30. The van der Waals surface area contributed by atoms with E-state index in [9.17, 15) is 4.39 Å². The van der Waals surface area contributed by atoms with Crippen LogP contribution in [0, 0.1) is 11.7 Å². The Bertz CT molecular complexity index is 343. The molecule has 1 rings (SSSR count). The molecule has 0 saturated carbocycles. The molecule has 0 saturated heterocycles. The highest BCUT2D eigenvalue weighted by Crippen LogP contribution is 2.18. The Morgan fingerprint density at radius 3 is 2.75 bits per heavy atom. The van der Waals surface area contributed by atoms with Gasteiger partial charge in [-0.2, -0.15) is 4.98 Å². The van der Waals surface area contributed by atoms with Crippen LogP contribution in [0.1, 0.15) is 27.2 Å². The van der Waals surface area contributed by atoms with E-state index in [1.807, 2.05) is 11.8 Å². The van der Waals surface area contributed by atoms with E-state index < -0.39 is 5.82 Å². The molecule has 0 aliphatic rings. The number of hydrogen-bond donors (Lipinski definition) is 1. The summed E-state index contributed by atoms with van der Waals surface area (Å²) in [5.74, 6) is 0.490. The molecule has 5 heteroatoms. The highest BCUT2D eigenvalue weighted by Gasteiger charge is 2.14. The van der Waals surface area contributed by atoms with Gasteiger partial charge in [0.15, 0.2) is 11.6 Å². The molecular weight excluding hydrogens is 207 g/mol. The smallest absolute Gasteiger partial charge is 0.222 e. The topological polar surface area (TPSA) is 55.0 Å². The Morgan fingerprint density at radius 2 is 2.19 bits per heavy atom. The van der Waals surface area contributed by atoms with Gasteiger partial charge in [-0.3, -0.25) is 0 Å². The normalized spacial score (nSPS) is 12.5. The van der Waals surface area contributed by atoms with Gasteiger partial charge in [0.2, 0.25) is 5.95 Å². The Hall–Kier alpha value is -1.39. The zero-order chi connectivity index (χ0) is 12.1. The molecule has 0 bridgehead atoms. The van der Waals surface area contributed by atoms with Crippen molar-refractivity contribution in [3.63, 3.8) is 0 Å². The first kappa shape index (κ1) is 12.7. The van der Waals surface area contributed by atoms with Crippen LogP contribution >= 0.6 is 0 Å². The number of aromatic nitrogens is 2. The van der Waals surface area contributed by atoms with Gasteiger partial charge < -0.3 is 10.6 Å². The van der Waals surface area contributed by atoms with Crippen LogP contribution in [-0.4, -0.2) is 23.1 Å². The molecule has 0 aromatic carbocycles. The van der Waals surface area contributed by atoms with Gasteiger partial charge in [-0.05, 0) is 12.8 Å². The number of nitrogens with zero attached hydrogens (tertiary/aromatic N) is 3. The molecule has 0 aliphatic heterocycles. The molecule has 1 aromatic heterocycles. The monoisotopic (exact) mass is 226 g/mol. The lowest BCUT2D eigenvalue weighted by atomic mass is 10.1. The summed E-state index contributed by atoms with van der Waals surface area (Å²) in [4.78, 5) is 9.46. The first-order valence-corrected chi connectivity index (χ1v) is 5.61. The summed E-state index contributed by atoms with van der Waals surface area (Å²) in [6, 6.07) is 0. The molecule has 0 radical (unpaired) electrons. The van der Waals surface area contributed by atoms with Crippen LogP contribution in [-0.2, 0) is 0 Å². The van der Waals surface area contributed by atoms with Crippen molar-refractivity contribution in [2.45, 2.75) is 27.2 Å². The Morgan fingerprint density at radius 1 is 1.50 bits per heavy atom. The fourth-order valence-electron chi connectivity index (χ4n) is 1.46. The van der Waals surface area contributed by atoms with Gasteiger partial charge in [0.25, 0.3) is 0 Å². The maximum atomic E-state index is 13.5. The van der Waals surface area contributed by atoms with Crippen molar-refractivity contribution in [2.75, 3.05) is 23.7 Å². The summed E-state index contributed by atoms with van der Waals surface area (Å²) < 4.78 is 13.5. The predicted octanol–water partition coefficient (Wildman–Crippen LogP) is 2.07. The minimum absolute atomic E-state index is 0.110.